The van der Waals surface area contributed by atoms with Crippen molar-refractivity contribution < 1.29 is 0 Å². The van der Waals surface area contributed by atoms with E-state index in [9.17, 15) is 0 Å². The highest BCUT2D eigenvalue weighted by Crippen LogP contribution is 2.26. The smallest absolute Gasteiger partial charge is 0.0497 e. The second kappa shape index (κ2) is 2.73. The van der Waals surface area contributed by atoms with Gasteiger partial charge in [0.25, 0.3) is 0 Å². The van der Waals surface area contributed by atoms with Crippen molar-refractivity contribution in [1.82, 2.24) is 0 Å². The first-order chi connectivity index (χ1) is 4.95. The lowest BCUT2D eigenvalue weighted by atomic mass is 10.1. The maximum atomic E-state index is 4.49. The van der Waals surface area contributed by atoms with E-state index in [0.717, 1.165) is 12.0 Å². The Hall–Kier alpha value is -0.330. The molecule has 2 fully saturated rings. The lowest BCUT2D eigenvalue weighted by Gasteiger charge is -1.97. The SMILES string of the molecule is C(=NC1CC1)C1CCCC1. The van der Waals surface area contributed by atoms with Gasteiger partial charge in [0.2, 0.25) is 0 Å². The van der Waals surface area contributed by atoms with Gasteiger partial charge in [-0.25, -0.2) is 0 Å². The Morgan fingerprint density at radius 1 is 1.00 bits per heavy atom. The van der Waals surface area contributed by atoms with Crippen LogP contribution in [-0.2, 0) is 0 Å². The molecule has 0 amide bonds. The quantitative estimate of drug-likeness (QED) is 0.518. The molecule has 0 radical (unpaired) electrons. The molecule has 10 heavy (non-hydrogen) atoms. The van der Waals surface area contributed by atoms with Crippen LogP contribution in [0.1, 0.15) is 38.5 Å². The van der Waals surface area contributed by atoms with Crippen molar-refractivity contribution in [3.63, 3.8) is 0 Å². The van der Waals surface area contributed by atoms with Crippen molar-refractivity contribution in [3.8, 4) is 0 Å². The second-order valence-electron chi connectivity index (χ2n) is 3.57. The molecule has 0 heterocycles. The Balaban J connectivity index is 1.76. The van der Waals surface area contributed by atoms with E-state index in [2.05, 4.69) is 11.2 Å². The average Bonchev–Trinajstić information content (AvgIpc) is 2.63. The van der Waals surface area contributed by atoms with Gasteiger partial charge >= 0.3 is 0 Å². The fourth-order valence-corrected chi connectivity index (χ4v) is 1.57. The molecular formula is C9H15N. The van der Waals surface area contributed by atoms with E-state index in [1.54, 1.807) is 0 Å². The van der Waals surface area contributed by atoms with Gasteiger partial charge < -0.3 is 0 Å². The van der Waals surface area contributed by atoms with E-state index < -0.39 is 0 Å². The zero-order valence-electron chi connectivity index (χ0n) is 6.42. The van der Waals surface area contributed by atoms with E-state index in [4.69, 9.17) is 0 Å². The van der Waals surface area contributed by atoms with Crippen molar-refractivity contribution in [2.24, 2.45) is 10.9 Å². The van der Waals surface area contributed by atoms with Crippen LogP contribution in [0, 0.1) is 5.92 Å². The molecule has 56 valence electrons. The van der Waals surface area contributed by atoms with Gasteiger partial charge in [-0.3, -0.25) is 4.99 Å². The number of rotatable bonds is 2. The molecule has 1 heteroatoms. The highest BCUT2D eigenvalue weighted by molar-refractivity contribution is 5.61. The summed E-state index contributed by atoms with van der Waals surface area (Å²) < 4.78 is 0. The van der Waals surface area contributed by atoms with E-state index in [1.807, 2.05) is 0 Å². The first-order valence-electron chi connectivity index (χ1n) is 4.48. The topological polar surface area (TPSA) is 12.4 Å². The molecule has 0 aromatic carbocycles. The Morgan fingerprint density at radius 3 is 2.30 bits per heavy atom. The van der Waals surface area contributed by atoms with Crippen molar-refractivity contribution in [2.75, 3.05) is 0 Å². The molecule has 1 nitrogen and oxygen atoms in total. The van der Waals surface area contributed by atoms with Crippen molar-refractivity contribution in [1.29, 1.82) is 0 Å². The molecule has 0 saturated heterocycles. The molecule has 2 aliphatic rings. The monoisotopic (exact) mass is 137 g/mol. The van der Waals surface area contributed by atoms with Gasteiger partial charge in [-0.2, -0.15) is 0 Å². The minimum absolute atomic E-state index is 0.737. The van der Waals surface area contributed by atoms with Crippen LogP contribution in [0.25, 0.3) is 0 Å². The molecule has 0 unspecified atom stereocenters. The van der Waals surface area contributed by atoms with E-state index in [0.29, 0.717) is 0 Å². The Morgan fingerprint density at radius 2 is 1.70 bits per heavy atom. The van der Waals surface area contributed by atoms with Crippen molar-refractivity contribution in [2.45, 2.75) is 44.6 Å². The summed E-state index contributed by atoms with van der Waals surface area (Å²) >= 11 is 0. The molecule has 2 saturated carbocycles. The fraction of sp³-hybridized carbons (Fsp3) is 0.889. The zero-order valence-corrected chi connectivity index (χ0v) is 6.42. The lowest BCUT2D eigenvalue weighted by Crippen LogP contribution is -1.94. The highest BCUT2D eigenvalue weighted by atomic mass is 14.8. The van der Waals surface area contributed by atoms with Crippen molar-refractivity contribution >= 4 is 6.21 Å². The first-order valence-corrected chi connectivity index (χ1v) is 4.48. The number of aliphatic imine (C=N–C) groups is 1. The van der Waals surface area contributed by atoms with Crippen LogP contribution in [0.2, 0.25) is 0 Å². The maximum Gasteiger partial charge on any atom is 0.0497 e. The van der Waals surface area contributed by atoms with Crippen LogP contribution in [0.15, 0.2) is 4.99 Å². The van der Waals surface area contributed by atoms with Gasteiger partial charge in [0.15, 0.2) is 0 Å². The predicted octanol–water partition coefficient (Wildman–Crippen LogP) is 2.41. The summed E-state index contributed by atoms with van der Waals surface area (Å²) in [5, 5.41) is 0. The first kappa shape index (κ1) is 6.38. The highest BCUT2D eigenvalue weighted by Gasteiger charge is 2.20. The largest absolute Gasteiger partial charge is 0.294 e. The third-order valence-electron chi connectivity index (χ3n) is 2.45. The summed E-state index contributed by atoms with van der Waals surface area (Å²) in [5.41, 5.74) is 0. The standard InChI is InChI=1S/C9H15N/c1-2-4-8(3-1)7-10-9-5-6-9/h7-9H,1-6H2. The van der Waals surface area contributed by atoms with E-state index >= 15 is 0 Å². The third kappa shape index (κ3) is 1.59. The minimum Gasteiger partial charge on any atom is -0.294 e. The van der Waals surface area contributed by atoms with Crippen LogP contribution in [0.5, 0.6) is 0 Å². The summed E-state index contributed by atoms with van der Waals surface area (Å²) in [6.07, 6.45) is 10.6. The van der Waals surface area contributed by atoms with Gasteiger partial charge in [0.1, 0.15) is 0 Å². The molecule has 0 aromatic rings. The molecule has 0 atom stereocenters. The molecule has 0 aliphatic heterocycles. The maximum absolute atomic E-state index is 4.49. The summed E-state index contributed by atoms with van der Waals surface area (Å²) in [7, 11) is 0. The number of nitrogens with zero attached hydrogens (tertiary/aromatic N) is 1. The molecular weight excluding hydrogens is 122 g/mol. The summed E-state index contributed by atoms with van der Waals surface area (Å²) in [6.45, 7) is 0. The number of hydrogen-bond acceptors (Lipinski definition) is 1. The Labute approximate surface area is 62.5 Å². The van der Waals surface area contributed by atoms with Crippen LogP contribution in [0.3, 0.4) is 0 Å². The fourth-order valence-electron chi connectivity index (χ4n) is 1.57. The molecule has 0 N–H and O–H groups in total. The Bertz CT molecular complexity index is 130. The van der Waals surface area contributed by atoms with Gasteiger partial charge in [-0.15, -0.1) is 0 Å². The predicted molar refractivity (Wildman–Crippen MR) is 43.5 cm³/mol. The Kier molecular flexibility index (Phi) is 1.74. The summed E-state index contributed by atoms with van der Waals surface area (Å²) in [5.74, 6) is 0.848. The molecule has 2 rings (SSSR count). The van der Waals surface area contributed by atoms with Crippen molar-refractivity contribution in [3.05, 3.63) is 0 Å². The zero-order chi connectivity index (χ0) is 6.81. The minimum atomic E-state index is 0.737. The molecule has 0 spiro atoms. The number of hydrogen-bond donors (Lipinski definition) is 0. The van der Waals surface area contributed by atoms with Crippen LogP contribution in [-0.4, -0.2) is 12.3 Å². The molecule has 2 aliphatic carbocycles. The normalized spacial score (nSPS) is 28.4. The van der Waals surface area contributed by atoms with Crippen LogP contribution < -0.4 is 0 Å². The van der Waals surface area contributed by atoms with Crippen LogP contribution >= 0.6 is 0 Å². The van der Waals surface area contributed by atoms with Gasteiger partial charge in [0.05, 0.1) is 0 Å². The second-order valence-corrected chi connectivity index (χ2v) is 3.57. The van der Waals surface area contributed by atoms with E-state index in [1.165, 1.54) is 38.5 Å². The third-order valence-corrected chi connectivity index (χ3v) is 2.45. The average molecular weight is 137 g/mol. The van der Waals surface area contributed by atoms with Gasteiger partial charge in [-0.1, -0.05) is 12.8 Å². The van der Waals surface area contributed by atoms with Gasteiger partial charge in [0, 0.05) is 12.3 Å². The van der Waals surface area contributed by atoms with Crippen LogP contribution in [0.4, 0.5) is 0 Å². The summed E-state index contributed by atoms with van der Waals surface area (Å²) in [4.78, 5) is 4.49. The molecule has 0 aromatic heterocycles. The van der Waals surface area contributed by atoms with E-state index in [-0.39, 0.29) is 0 Å². The molecule has 0 bridgehead atoms. The van der Waals surface area contributed by atoms with Gasteiger partial charge in [-0.05, 0) is 31.6 Å². The lowest BCUT2D eigenvalue weighted by molar-refractivity contribution is 0.739. The summed E-state index contributed by atoms with van der Waals surface area (Å²) in [6, 6.07) is 0.737.